The molecule has 0 spiro atoms. The van der Waals surface area contributed by atoms with Crippen LogP contribution in [0.25, 0.3) is 0 Å². The molecule has 0 fully saturated rings. The van der Waals surface area contributed by atoms with Crippen LogP contribution in [-0.2, 0) is 0 Å². The lowest BCUT2D eigenvalue weighted by atomic mass is 10.1. The molecule has 126 valence electrons. The molecule has 23 heavy (non-hydrogen) atoms. The van der Waals surface area contributed by atoms with E-state index in [9.17, 15) is 5.11 Å². The minimum Gasteiger partial charge on any atom is -0.378 e. The SMILES string of the molecule is C#CC(C)/C=C\C(C)NC(O)C/C=N\N1CNC(C)=CC1=NC. The highest BCUT2D eigenvalue weighted by molar-refractivity contribution is 5.94. The highest BCUT2D eigenvalue weighted by atomic mass is 16.3. The predicted octanol–water partition coefficient (Wildman–Crippen LogP) is 1.28. The van der Waals surface area contributed by atoms with Crippen LogP contribution in [0.15, 0.2) is 34.0 Å². The lowest BCUT2D eigenvalue weighted by Crippen LogP contribution is -2.39. The van der Waals surface area contributed by atoms with Crippen LogP contribution in [0.1, 0.15) is 27.2 Å². The third kappa shape index (κ3) is 7.13. The van der Waals surface area contributed by atoms with Gasteiger partial charge in [0.25, 0.3) is 0 Å². The van der Waals surface area contributed by atoms with E-state index >= 15 is 0 Å². The molecule has 0 aromatic carbocycles. The minimum atomic E-state index is -0.670. The molecular formula is C17H27N5O. The van der Waals surface area contributed by atoms with Crippen LogP contribution in [0, 0.1) is 18.3 Å². The van der Waals surface area contributed by atoms with E-state index in [0.717, 1.165) is 11.5 Å². The van der Waals surface area contributed by atoms with Gasteiger partial charge in [-0.15, -0.1) is 6.42 Å². The highest BCUT2D eigenvalue weighted by Crippen LogP contribution is 2.04. The molecule has 3 N–H and O–H groups in total. The van der Waals surface area contributed by atoms with Crippen LogP contribution < -0.4 is 10.6 Å². The van der Waals surface area contributed by atoms with Crippen LogP contribution in [0.3, 0.4) is 0 Å². The number of rotatable bonds is 7. The number of hydrogen-bond donors (Lipinski definition) is 3. The first-order valence-electron chi connectivity index (χ1n) is 7.73. The van der Waals surface area contributed by atoms with Crippen molar-refractivity contribution in [3.63, 3.8) is 0 Å². The van der Waals surface area contributed by atoms with Gasteiger partial charge in [-0.05, 0) is 20.8 Å². The first-order valence-corrected chi connectivity index (χ1v) is 7.73. The van der Waals surface area contributed by atoms with Crippen molar-refractivity contribution in [2.75, 3.05) is 13.7 Å². The Morgan fingerprint density at radius 2 is 2.26 bits per heavy atom. The quantitative estimate of drug-likeness (QED) is 0.286. The van der Waals surface area contributed by atoms with Crippen molar-refractivity contribution in [2.24, 2.45) is 16.0 Å². The average molecular weight is 317 g/mol. The maximum atomic E-state index is 9.98. The molecule has 0 saturated carbocycles. The van der Waals surface area contributed by atoms with E-state index in [0.29, 0.717) is 13.1 Å². The van der Waals surface area contributed by atoms with Crippen molar-refractivity contribution in [3.05, 3.63) is 23.9 Å². The van der Waals surface area contributed by atoms with E-state index in [1.807, 2.05) is 39.0 Å². The second-order valence-corrected chi connectivity index (χ2v) is 5.49. The van der Waals surface area contributed by atoms with Crippen molar-refractivity contribution in [2.45, 2.75) is 39.5 Å². The number of hydrogen-bond acceptors (Lipinski definition) is 5. The van der Waals surface area contributed by atoms with Gasteiger partial charge in [-0.1, -0.05) is 18.1 Å². The predicted molar refractivity (Wildman–Crippen MR) is 95.8 cm³/mol. The first-order chi connectivity index (χ1) is 11.0. The summed E-state index contributed by atoms with van der Waals surface area (Å²) < 4.78 is 0. The zero-order valence-corrected chi connectivity index (χ0v) is 14.3. The lowest BCUT2D eigenvalue weighted by Gasteiger charge is -2.25. The smallest absolute Gasteiger partial charge is 0.147 e. The van der Waals surface area contributed by atoms with E-state index in [1.54, 1.807) is 18.3 Å². The number of terminal acetylenes is 1. The fourth-order valence-electron chi connectivity index (χ4n) is 1.94. The third-order valence-electron chi connectivity index (χ3n) is 3.30. The number of amidine groups is 1. The Morgan fingerprint density at radius 3 is 2.91 bits per heavy atom. The Kier molecular flexibility index (Phi) is 8.09. The van der Waals surface area contributed by atoms with Gasteiger partial charge in [0.05, 0.1) is 0 Å². The van der Waals surface area contributed by atoms with Crippen molar-refractivity contribution in [1.29, 1.82) is 0 Å². The third-order valence-corrected chi connectivity index (χ3v) is 3.30. The number of aliphatic hydroxyl groups is 1. The van der Waals surface area contributed by atoms with E-state index < -0.39 is 6.23 Å². The van der Waals surface area contributed by atoms with Crippen molar-refractivity contribution in [3.8, 4) is 12.3 Å². The molecule has 1 aliphatic rings. The summed E-state index contributed by atoms with van der Waals surface area (Å²) in [7, 11) is 1.73. The van der Waals surface area contributed by atoms with Gasteiger partial charge in [0, 0.05) is 43.4 Å². The van der Waals surface area contributed by atoms with Gasteiger partial charge in [0.15, 0.2) is 0 Å². The maximum absolute atomic E-state index is 9.98. The van der Waals surface area contributed by atoms with Crippen LogP contribution in [0.4, 0.5) is 0 Å². The fourth-order valence-corrected chi connectivity index (χ4v) is 1.94. The van der Waals surface area contributed by atoms with E-state index in [2.05, 4.69) is 26.6 Å². The van der Waals surface area contributed by atoms with Crippen molar-refractivity contribution >= 4 is 12.1 Å². The van der Waals surface area contributed by atoms with Gasteiger partial charge >= 0.3 is 0 Å². The van der Waals surface area contributed by atoms with E-state index in [4.69, 9.17) is 6.42 Å². The molecule has 3 unspecified atom stereocenters. The van der Waals surface area contributed by atoms with Crippen molar-refractivity contribution in [1.82, 2.24) is 15.6 Å². The van der Waals surface area contributed by atoms with E-state index in [-0.39, 0.29) is 12.0 Å². The summed E-state index contributed by atoms with van der Waals surface area (Å²) in [6, 6.07) is 0.0317. The summed E-state index contributed by atoms with van der Waals surface area (Å²) in [6.45, 7) is 6.46. The Hall–Kier alpha value is -2.10. The number of hydrazone groups is 1. The second kappa shape index (κ2) is 9.82. The molecule has 0 radical (unpaired) electrons. The number of nitrogens with one attached hydrogen (secondary N) is 2. The molecular weight excluding hydrogens is 290 g/mol. The largest absolute Gasteiger partial charge is 0.378 e. The number of aliphatic imine (C=N–C) groups is 1. The molecule has 1 rings (SSSR count). The van der Waals surface area contributed by atoms with E-state index in [1.165, 1.54) is 0 Å². The summed E-state index contributed by atoms with van der Waals surface area (Å²) >= 11 is 0. The Balaban J connectivity index is 2.42. The number of allylic oxidation sites excluding steroid dienone is 2. The Bertz CT molecular complexity index is 530. The second-order valence-electron chi connectivity index (χ2n) is 5.49. The molecule has 0 aromatic heterocycles. The number of nitrogens with zero attached hydrogens (tertiary/aromatic N) is 3. The topological polar surface area (TPSA) is 72.2 Å². The molecule has 0 saturated heterocycles. The van der Waals surface area contributed by atoms with Gasteiger partial charge < -0.3 is 10.4 Å². The highest BCUT2D eigenvalue weighted by Gasteiger charge is 2.12. The average Bonchev–Trinajstić information content (AvgIpc) is 2.53. The van der Waals surface area contributed by atoms with Crippen LogP contribution in [0.2, 0.25) is 0 Å². The monoisotopic (exact) mass is 317 g/mol. The zero-order valence-electron chi connectivity index (χ0n) is 14.3. The van der Waals surface area contributed by atoms with Crippen molar-refractivity contribution < 1.29 is 5.11 Å². The van der Waals surface area contributed by atoms with Gasteiger partial charge in [0.2, 0.25) is 0 Å². The molecule has 6 heteroatoms. The minimum absolute atomic E-state index is 0.0317. The van der Waals surface area contributed by atoms with Gasteiger partial charge in [-0.2, -0.15) is 5.10 Å². The number of aliphatic hydroxyl groups excluding tert-OH is 1. The Morgan fingerprint density at radius 1 is 1.52 bits per heavy atom. The molecule has 0 aromatic rings. The summed E-state index contributed by atoms with van der Waals surface area (Å²) in [6.07, 6.45) is 12.5. The Labute approximate surface area is 139 Å². The van der Waals surface area contributed by atoms with Gasteiger partial charge in [-0.25, -0.2) is 5.01 Å². The van der Waals surface area contributed by atoms with Crippen LogP contribution in [0.5, 0.6) is 0 Å². The van der Waals surface area contributed by atoms with Gasteiger partial charge in [0.1, 0.15) is 18.7 Å². The molecule has 0 bridgehead atoms. The molecule has 3 atom stereocenters. The maximum Gasteiger partial charge on any atom is 0.147 e. The summed E-state index contributed by atoms with van der Waals surface area (Å²) in [5.74, 6) is 3.51. The standard InChI is InChI=1S/C17H27N5O/c1-6-13(2)7-8-14(3)21-17(23)9-10-20-22-12-19-15(4)11-16(22)18-5/h1,7-8,10-11,13-14,17,19,21,23H,9,12H2,2-5H3/b8-7-,18-16?,20-10-. The molecule has 1 aliphatic heterocycles. The molecule has 6 nitrogen and oxygen atoms in total. The normalized spacial score (nSPS) is 21.1. The van der Waals surface area contributed by atoms with Crippen LogP contribution >= 0.6 is 0 Å². The lowest BCUT2D eigenvalue weighted by molar-refractivity contribution is 0.139. The summed E-state index contributed by atoms with van der Waals surface area (Å²) in [4.78, 5) is 4.18. The molecule has 0 aliphatic carbocycles. The zero-order chi connectivity index (χ0) is 17.2. The molecule has 1 heterocycles. The molecule has 0 amide bonds. The summed E-state index contributed by atoms with van der Waals surface area (Å²) in [5.41, 5.74) is 1.06. The first kappa shape index (κ1) is 18.9. The van der Waals surface area contributed by atoms with Gasteiger partial charge in [-0.3, -0.25) is 10.3 Å². The fraction of sp³-hybridized carbons (Fsp3) is 0.529. The van der Waals surface area contributed by atoms with Crippen LogP contribution in [-0.4, -0.2) is 48.2 Å². The summed E-state index contributed by atoms with van der Waals surface area (Å²) in [5, 5.41) is 22.3.